The summed E-state index contributed by atoms with van der Waals surface area (Å²) in [7, 11) is 0. The molecule has 2 aromatic carbocycles. The minimum Gasteiger partial charge on any atom is -0.324 e. The molecule has 3 rings (SSSR count). The number of nitrogens with one attached hydrogen (secondary N) is 2. The van der Waals surface area contributed by atoms with Crippen LogP contribution in [0.2, 0.25) is 5.02 Å². The third kappa shape index (κ3) is 4.16. The van der Waals surface area contributed by atoms with Gasteiger partial charge in [-0.05, 0) is 43.0 Å². The average molecular weight is 343 g/mol. The monoisotopic (exact) mass is 342 g/mol. The average Bonchev–Trinajstić information content (AvgIpc) is 3.10. The molecular weight excluding hydrogens is 320 g/mol. The van der Waals surface area contributed by atoms with Crippen LogP contribution < -0.4 is 10.6 Å². The van der Waals surface area contributed by atoms with E-state index >= 15 is 0 Å². The van der Waals surface area contributed by atoms with Crippen molar-refractivity contribution in [3.63, 3.8) is 0 Å². The SMILES string of the molecule is Cc1ccc(NC(=O)[C@H](NC2CCCC2)c2ccccc2)cc1Cl. The zero-order valence-corrected chi connectivity index (χ0v) is 14.6. The van der Waals surface area contributed by atoms with Gasteiger partial charge < -0.3 is 5.32 Å². The van der Waals surface area contributed by atoms with Crippen LogP contribution in [0.3, 0.4) is 0 Å². The molecule has 1 atom stereocenters. The van der Waals surface area contributed by atoms with Crippen molar-refractivity contribution in [2.24, 2.45) is 0 Å². The molecule has 3 nitrogen and oxygen atoms in total. The lowest BCUT2D eigenvalue weighted by molar-refractivity contribution is -0.118. The lowest BCUT2D eigenvalue weighted by atomic mass is 10.0. The van der Waals surface area contributed by atoms with Gasteiger partial charge in [-0.3, -0.25) is 10.1 Å². The molecule has 1 amide bonds. The van der Waals surface area contributed by atoms with Crippen molar-refractivity contribution in [1.29, 1.82) is 0 Å². The second-order valence-corrected chi connectivity index (χ2v) is 6.85. The maximum Gasteiger partial charge on any atom is 0.246 e. The molecule has 24 heavy (non-hydrogen) atoms. The van der Waals surface area contributed by atoms with Gasteiger partial charge in [-0.2, -0.15) is 0 Å². The molecule has 0 saturated heterocycles. The zero-order chi connectivity index (χ0) is 16.9. The van der Waals surface area contributed by atoms with Gasteiger partial charge in [-0.15, -0.1) is 0 Å². The van der Waals surface area contributed by atoms with Crippen LogP contribution in [0.1, 0.15) is 42.9 Å². The Balaban J connectivity index is 1.78. The summed E-state index contributed by atoms with van der Waals surface area (Å²) in [5, 5.41) is 7.19. The number of carbonyl (C=O) groups is 1. The highest BCUT2D eigenvalue weighted by atomic mass is 35.5. The Morgan fingerprint density at radius 1 is 1.12 bits per heavy atom. The minimum absolute atomic E-state index is 0.0481. The number of rotatable bonds is 5. The molecule has 4 heteroatoms. The quantitative estimate of drug-likeness (QED) is 0.814. The number of hydrogen-bond acceptors (Lipinski definition) is 2. The van der Waals surface area contributed by atoms with E-state index in [9.17, 15) is 4.79 Å². The number of hydrogen-bond donors (Lipinski definition) is 2. The van der Waals surface area contributed by atoms with Crippen molar-refractivity contribution in [3.05, 3.63) is 64.7 Å². The van der Waals surface area contributed by atoms with Gasteiger partial charge in [-0.1, -0.05) is 60.8 Å². The topological polar surface area (TPSA) is 41.1 Å². The van der Waals surface area contributed by atoms with E-state index in [1.807, 2.05) is 49.4 Å². The van der Waals surface area contributed by atoms with Crippen molar-refractivity contribution >= 4 is 23.2 Å². The molecule has 2 aromatic rings. The van der Waals surface area contributed by atoms with Gasteiger partial charge in [0.05, 0.1) is 0 Å². The third-order valence-electron chi connectivity index (χ3n) is 4.59. The van der Waals surface area contributed by atoms with Crippen molar-refractivity contribution in [2.75, 3.05) is 5.32 Å². The Bertz CT molecular complexity index is 696. The molecule has 1 aliphatic rings. The summed E-state index contributed by atoms with van der Waals surface area (Å²) in [4.78, 5) is 12.9. The van der Waals surface area contributed by atoms with Crippen LogP contribution in [0, 0.1) is 6.92 Å². The number of benzene rings is 2. The molecule has 0 bridgehead atoms. The van der Waals surface area contributed by atoms with Gasteiger partial charge >= 0.3 is 0 Å². The first-order chi connectivity index (χ1) is 11.6. The summed E-state index contributed by atoms with van der Waals surface area (Å²) < 4.78 is 0. The van der Waals surface area contributed by atoms with Crippen LogP contribution in [0.4, 0.5) is 5.69 Å². The van der Waals surface area contributed by atoms with Crippen LogP contribution in [0.15, 0.2) is 48.5 Å². The van der Waals surface area contributed by atoms with Crippen molar-refractivity contribution in [2.45, 2.75) is 44.7 Å². The molecule has 0 aromatic heterocycles. The molecule has 0 heterocycles. The molecule has 1 fully saturated rings. The van der Waals surface area contributed by atoms with E-state index in [4.69, 9.17) is 11.6 Å². The first-order valence-corrected chi connectivity index (χ1v) is 8.89. The number of aryl methyl sites for hydroxylation is 1. The Labute approximate surface area is 148 Å². The Morgan fingerprint density at radius 2 is 1.83 bits per heavy atom. The minimum atomic E-state index is -0.352. The lowest BCUT2D eigenvalue weighted by Crippen LogP contribution is -2.38. The van der Waals surface area contributed by atoms with Gasteiger partial charge in [0.15, 0.2) is 0 Å². The Hall–Kier alpha value is -1.84. The molecule has 1 aliphatic carbocycles. The maximum absolute atomic E-state index is 12.9. The molecule has 1 saturated carbocycles. The number of anilines is 1. The van der Waals surface area contributed by atoms with E-state index in [0.717, 1.165) is 29.7 Å². The van der Waals surface area contributed by atoms with E-state index in [2.05, 4.69) is 10.6 Å². The Morgan fingerprint density at radius 3 is 2.50 bits per heavy atom. The Kier molecular flexibility index (Phi) is 5.54. The highest BCUT2D eigenvalue weighted by Crippen LogP contribution is 2.25. The smallest absolute Gasteiger partial charge is 0.246 e. The second kappa shape index (κ2) is 7.82. The normalized spacial score (nSPS) is 16.1. The second-order valence-electron chi connectivity index (χ2n) is 6.44. The van der Waals surface area contributed by atoms with Crippen molar-refractivity contribution in [3.8, 4) is 0 Å². The largest absolute Gasteiger partial charge is 0.324 e. The van der Waals surface area contributed by atoms with E-state index in [1.54, 1.807) is 6.07 Å². The van der Waals surface area contributed by atoms with Gasteiger partial charge in [0.25, 0.3) is 0 Å². The van der Waals surface area contributed by atoms with Crippen molar-refractivity contribution in [1.82, 2.24) is 5.32 Å². The van der Waals surface area contributed by atoms with E-state index in [-0.39, 0.29) is 11.9 Å². The predicted octanol–water partition coefficient (Wildman–Crippen LogP) is 4.86. The molecular formula is C20H23ClN2O. The van der Waals surface area contributed by atoms with Crippen LogP contribution in [-0.2, 0) is 4.79 Å². The molecule has 0 radical (unpaired) electrons. The third-order valence-corrected chi connectivity index (χ3v) is 5.00. The summed E-state index contributed by atoms with van der Waals surface area (Å²) in [5.41, 5.74) is 2.71. The summed E-state index contributed by atoms with van der Waals surface area (Å²) in [6, 6.07) is 15.5. The summed E-state index contributed by atoms with van der Waals surface area (Å²) in [5.74, 6) is -0.0481. The van der Waals surface area contributed by atoms with Gasteiger partial charge in [0.2, 0.25) is 5.91 Å². The number of carbonyl (C=O) groups excluding carboxylic acids is 1. The van der Waals surface area contributed by atoms with Crippen LogP contribution in [0.25, 0.3) is 0 Å². The highest BCUT2D eigenvalue weighted by Gasteiger charge is 2.25. The van der Waals surface area contributed by atoms with Crippen LogP contribution in [-0.4, -0.2) is 11.9 Å². The van der Waals surface area contributed by atoms with E-state index in [1.165, 1.54) is 12.8 Å². The molecule has 0 unspecified atom stereocenters. The van der Waals surface area contributed by atoms with E-state index < -0.39 is 0 Å². The highest BCUT2D eigenvalue weighted by molar-refractivity contribution is 6.31. The lowest BCUT2D eigenvalue weighted by Gasteiger charge is -2.23. The van der Waals surface area contributed by atoms with Crippen LogP contribution >= 0.6 is 11.6 Å². The molecule has 0 spiro atoms. The fourth-order valence-corrected chi connectivity index (χ4v) is 3.36. The van der Waals surface area contributed by atoms with Crippen LogP contribution in [0.5, 0.6) is 0 Å². The van der Waals surface area contributed by atoms with E-state index in [0.29, 0.717) is 11.1 Å². The number of halogens is 1. The van der Waals surface area contributed by atoms with Crippen molar-refractivity contribution < 1.29 is 4.79 Å². The first kappa shape index (κ1) is 17.0. The molecule has 2 N–H and O–H groups in total. The van der Waals surface area contributed by atoms with Gasteiger partial charge in [0.1, 0.15) is 6.04 Å². The van der Waals surface area contributed by atoms with Gasteiger partial charge in [0, 0.05) is 16.8 Å². The first-order valence-electron chi connectivity index (χ1n) is 8.51. The standard InChI is InChI=1S/C20H23ClN2O/c1-14-11-12-17(13-18(14)21)23-20(24)19(15-7-3-2-4-8-15)22-16-9-5-6-10-16/h2-4,7-8,11-13,16,19,22H,5-6,9-10H2,1H3,(H,23,24)/t19-/m1/s1. The molecule has 126 valence electrons. The van der Waals surface area contributed by atoms with Gasteiger partial charge in [-0.25, -0.2) is 0 Å². The summed E-state index contributed by atoms with van der Waals surface area (Å²) in [6.45, 7) is 1.95. The zero-order valence-electron chi connectivity index (χ0n) is 13.9. The predicted molar refractivity (Wildman–Crippen MR) is 99.4 cm³/mol. The molecule has 0 aliphatic heterocycles. The summed E-state index contributed by atoms with van der Waals surface area (Å²) >= 11 is 6.16. The summed E-state index contributed by atoms with van der Waals surface area (Å²) in [6.07, 6.45) is 4.72. The fraction of sp³-hybridized carbons (Fsp3) is 0.350. The fourth-order valence-electron chi connectivity index (χ4n) is 3.18. The number of amides is 1. The maximum atomic E-state index is 12.9.